The molecular formula is C20H21ClF5N3O2. The van der Waals surface area contributed by atoms with Gasteiger partial charge in [0.2, 0.25) is 5.91 Å². The smallest absolute Gasteiger partial charge is 0.353 e. The highest BCUT2D eigenvalue weighted by Crippen LogP contribution is 2.50. The van der Waals surface area contributed by atoms with Gasteiger partial charge in [-0.25, -0.2) is 13.6 Å². The molecule has 0 radical (unpaired) electrons. The second kappa shape index (κ2) is 8.11. The summed E-state index contributed by atoms with van der Waals surface area (Å²) in [4.78, 5) is 26.7. The summed E-state index contributed by atoms with van der Waals surface area (Å²) in [7, 11) is 0. The van der Waals surface area contributed by atoms with Crippen molar-refractivity contribution in [3.8, 4) is 0 Å². The van der Waals surface area contributed by atoms with Crippen LogP contribution in [0.4, 0.5) is 26.7 Å². The van der Waals surface area contributed by atoms with Crippen LogP contribution in [0.3, 0.4) is 0 Å². The largest absolute Gasteiger partial charge is 0.391 e. The van der Waals surface area contributed by atoms with Gasteiger partial charge < -0.3 is 15.5 Å². The van der Waals surface area contributed by atoms with Crippen molar-refractivity contribution >= 4 is 23.5 Å². The molecule has 1 aromatic carbocycles. The van der Waals surface area contributed by atoms with E-state index in [4.69, 9.17) is 11.6 Å². The first-order valence-corrected chi connectivity index (χ1v) is 10.5. The quantitative estimate of drug-likeness (QED) is 0.518. The molecule has 170 valence electrons. The van der Waals surface area contributed by atoms with Crippen molar-refractivity contribution in [2.45, 2.75) is 43.9 Å². The predicted octanol–water partition coefficient (Wildman–Crippen LogP) is 4.17. The summed E-state index contributed by atoms with van der Waals surface area (Å²) in [6, 6.07) is -0.452. The van der Waals surface area contributed by atoms with E-state index in [0.717, 1.165) is 25.0 Å². The van der Waals surface area contributed by atoms with Crippen molar-refractivity contribution in [3.05, 3.63) is 34.4 Å². The number of halogens is 6. The summed E-state index contributed by atoms with van der Waals surface area (Å²) in [6.07, 6.45) is -3.39. The van der Waals surface area contributed by atoms with E-state index in [1.807, 2.05) is 0 Å². The SMILES string of the molecule is O=C1NCCN(C(=O)NC(c2ccc(F)c(Cl)c2F)[C@H]2C[C@H](C(F)(F)F)C2)[C@H]1C1CC1. The molecule has 1 aromatic rings. The van der Waals surface area contributed by atoms with E-state index in [0.29, 0.717) is 0 Å². The minimum absolute atomic E-state index is 0.0276. The molecule has 4 rings (SSSR count). The molecule has 2 aliphatic carbocycles. The summed E-state index contributed by atoms with van der Waals surface area (Å²) in [5.74, 6) is -4.62. The maximum absolute atomic E-state index is 14.7. The minimum atomic E-state index is -4.38. The fourth-order valence-corrected chi connectivity index (χ4v) is 4.61. The number of urea groups is 1. The van der Waals surface area contributed by atoms with Gasteiger partial charge in [-0.1, -0.05) is 17.7 Å². The standard InChI is InChI=1S/C20H21ClF5N3O2/c21-14-13(22)4-3-12(15(14)23)16(10-7-11(8-10)20(24,25)26)28-19(31)29-6-5-27-18(30)17(29)9-1-2-9/h3-4,9-11,16-17H,1-2,5-8H2,(H,27,30)(H,28,31)/t10-,11-,16?,17-/m0/s1. The van der Waals surface area contributed by atoms with E-state index in [-0.39, 0.29) is 43.3 Å². The fraction of sp³-hybridized carbons (Fsp3) is 0.600. The van der Waals surface area contributed by atoms with Gasteiger partial charge in [-0.3, -0.25) is 4.79 Å². The Balaban J connectivity index is 1.58. The Hall–Kier alpha value is -2.10. The van der Waals surface area contributed by atoms with Crippen LogP contribution in [0.15, 0.2) is 12.1 Å². The monoisotopic (exact) mass is 465 g/mol. The van der Waals surface area contributed by atoms with Crippen LogP contribution < -0.4 is 10.6 Å². The minimum Gasteiger partial charge on any atom is -0.353 e. The van der Waals surface area contributed by atoms with E-state index in [9.17, 15) is 31.5 Å². The highest BCUT2D eigenvalue weighted by Gasteiger charge is 2.51. The normalized spacial score (nSPS) is 27.4. The molecule has 2 N–H and O–H groups in total. The maximum Gasteiger partial charge on any atom is 0.391 e. The van der Waals surface area contributed by atoms with Crippen LogP contribution in [0, 0.1) is 29.4 Å². The van der Waals surface area contributed by atoms with Crippen LogP contribution in [-0.4, -0.2) is 42.1 Å². The first-order valence-electron chi connectivity index (χ1n) is 10.1. The number of benzene rings is 1. The van der Waals surface area contributed by atoms with E-state index in [2.05, 4.69) is 10.6 Å². The molecular weight excluding hydrogens is 445 g/mol. The first kappa shape index (κ1) is 22.1. The number of piperazine rings is 1. The van der Waals surface area contributed by atoms with Crippen molar-refractivity contribution in [2.24, 2.45) is 17.8 Å². The van der Waals surface area contributed by atoms with Gasteiger partial charge in [0, 0.05) is 18.7 Å². The average molecular weight is 466 g/mol. The number of hydrogen-bond donors (Lipinski definition) is 2. The number of hydrogen-bond acceptors (Lipinski definition) is 2. The molecule has 1 aliphatic heterocycles. The average Bonchev–Trinajstić information content (AvgIpc) is 3.48. The van der Waals surface area contributed by atoms with Crippen molar-refractivity contribution in [1.82, 2.24) is 15.5 Å². The molecule has 11 heteroatoms. The van der Waals surface area contributed by atoms with Gasteiger partial charge in [0.15, 0.2) is 0 Å². The molecule has 0 aromatic heterocycles. The lowest BCUT2D eigenvalue weighted by atomic mass is 9.69. The summed E-state index contributed by atoms with van der Waals surface area (Å²) in [5, 5.41) is 4.54. The Kier molecular flexibility index (Phi) is 5.78. The van der Waals surface area contributed by atoms with Gasteiger partial charge in [-0.2, -0.15) is 13.2 Å². The zero-order valence-electron chi connectivity index (χ0n) is 16.3. The van der Waals surface area contributed by atoms with Gasteiger partial charge in [0.05, 0.1) is 12.0 Å². The molecule has 3 fully saturated rings. The Morgan fingerprint density at radius 3 is 2.52 bits per heavy atom. The number of nitrogens with one attached hydrogen (secondary N) is 2. The number of alkyl halides is 3. The Bertz CT molecular complexity index is 886. The number of carbonyl (C=O) groups is 2. The lowest BCUT2D eigenvalue weighted by Crippen LogP contribution is -2.61. The number of rotatable bonds is 4. The second-order valence-corrected chi connectivity index (χ2v) is 8.81. The van der Waals surface area contributed by atoms with Gasteiger partial charge in [0.1, 0.15) is 22.7 Å². The molecule has 31 heavy (non-hydrogen) atoms. The van der Waals surface area contributed by atoms with Gasteiger partial charge >= 0.3 is 12.2 Å². The van der Waals surface area contributed by atoms with Crippen LogP contribution in [0.1, 0.15) is 37.3 Å². The topological polar surface area (TPSA) is 61.4 Å². The third-order valence-corrected chi connectivity index (χ3v) is 6.72. The number of nitrogens with zero attached hydrogens (tertiary/aromatic N) is 1. The van der Waals surface area contributed by atoms with Gasteiger partial charge in [-0.05, 0) is 43.6 Å². The predicted molar refractivity (Wildman–Crippen MR) is 101 cm³/mol. The molecule has 3 amide bonds. The van der Waals surface area contributed by atoms with Crippen molar-refractivity contribution in [3.63, 3.8) is 0 Å². The molecule has 2 atom stereocenters. The number of amides is 3. The summed E-state index contributed by atoms with van der Waals surface area (Å²) >= 11 is 5.67. The van der Waals surface area contributed by atoms with E-state index in [1.54, 1.807) is 0 Å². The highest BCUT2D eigenvalue weighted by molar-refractivity contribution is 6.31. The molecule has 3 aliphatic rings. The molecule has 1 heterocycles. The summed E-state index contributed by atoms with van der Waals surface area (Å²) < 4.78 is 67.3. The zero-order valence-corrected chi connectivity index (χ0v) is 17.1. The summed E-state index contributed by atoms with van der Waals surface area (Å²) in [5.41, 5.74) is -0.171. The maximum atomic E-state index is 14.7. The van der Waals surface area contributed by atoms with Crippen LogP contribution in [0.25, 0.3) is 0 Å². The molecule has 1 saturated heterocycles. The molecule has 0 bridgehead atoms. The third-order valence-electron chi connectivity index (χ3n) is 6.37. The van der Waals surface area contributed by atoms with Crippen molar-refractivity contribution in [2.75, 3.05) is 13.1 Å². The van der Waals surface area contributed by atoms with Crippen LogP contribution in [-0.2, 0) is 4.79 Å². The molecule has 5 nitrogen and oxygen atoms in total. The van der Waals surface area contributed by atoms with Crippen molar-refractivity contribution < 1.29 is 31.5 Å². The highest BCUT2D eigenvalue weighted by atomic mass is 35.5. The Labute approximate surface area is 180 Å². The third kappa shape index (κ3) is 4.31. The first-order chi connectivity index (χ1) is 14.6. The Morgan fingerprint density at radius 2 is 1.90 bits per heavy atom. The van der Waals surface area contributed by atoms with E-state index >= 15 is 0 Å². The second-order valence-electron chi connectivity index (χ2n) is 8.43. The van der Waals surface area contributed by atoms with Crippen LogP contribution in [0.2, 0.25) is 5.02 Å². The van der Waals surface area contributed by atoms with Crippen molar-refractivity contribution in [1.29, 1.82) is 0 Å². The molecule has 2 saturated carbocycles. The Morgan fingerprint density at radius 1 is 1.23 bits per heavy atom. The lowest BCUT2D eigenvalue weighted by Gasteiger charge is -2.43. The number of carbonyl (C=O) groups excluding carboxylic acids is 2. The van der Waals surface area contributed by atoms with E-state index < -0.39 is 52.8 Å². The van der Waals surface area contributed by atoms with Crippen LogP contribution in [0.5, 0.6) is 0 Å². The molecule has 1 unspecified atom stereocenters. The fourth-order valence-electron chi connectivity index (χ4n) is 4.44. The summed E-state index contributed by atoms with van der Waals surface area (Å²) in [6.45, 7) is 0.477. The lowest BCUT2D eigenvalue weighted by molar-refractivity contribution is -0.206. The molecule has 0 spiro atoms. The zero-order chi connectivity index (χ0) is 22.5. The van der Waals surface area contributed by atoms with Crippen LogP contribution >= 0.6 is 11.6 Å². The van der Waals surface area contributed by atoms with Gasteiger partial charge in [0.25, 0.3) is 0 Å². The van der Waals surface area contributed by atoms with Gasteiger partial charge in [-0.15, -0.1) is 0 Å². The van der Waals surface area contributed by atoms with E-state index in [1.165, 1.54) is 4.90 Å².